The van der Waals surface area contributed by atoms with Crippen molar-refractivity contribution in [3.63, 3.8) is 0 Å². The van der Waals surface area contributed by atoms with Gasteiger partial charge in [0.05, 0.1) is 17.0 Å². The molecule has 0 radical (unpaired) electrons. The molecule has 0 fully saturated rings. The normalized spacial score (nSPS) is 14.5. The molecule has 2 N–H and O–H groups in total. The number of fused-ring (bicyclic) bond motifs is 1. The van der Waals surface area contributed by atoms with Crippen LogP contribution in [0.1, 0.15) is 32.1 Å². The van der Waals surface area contributed by atoms with Gasteiger partial charge in [-0.15, -0.1) is 0 Å². The van der Waals surface area contributed by atoms with Crippen LogP contribution in [0.2, 0.25) is 0 Å². The molecular weight excluding hydrogens is 442 g/mol. The maximum Gasteiger partial charge on any atom is 0.338 e. The molecule has 2 aromatic carbocycles. The van der Waals surface area contributed by atoms with Crippen LogP contribution in [0.15, 0.2) is 48.5 Å². The van der Waals surface area contributed by atoms with Crippen molar-refractivity contribution in [1.82, 2.24) is 4.57 Å². The van der Waals surface area contributed by atoms with Crippen LogP contribution in [0, 0.1) is 24.0 Å². The third kappa shape index (κ3) is 4.56. The first kappa shape index (κ1) is 22.8. The molecule has 1 aliphatic rings. The van der Waals surface area contributed by atoms with E-state index in [1.165, 1.54) is 12.1 Å². The number of rotatable bonds is 7. The number of ether oxygens (including phenoxy) is 3. The van der Waals surface area contributed by atoms with E-state index in [1.807, 2.05) is 42.7 Å². The molecule has 10 nitrogen and oxygen atoms in total. The quantitative estimate of drug-likeness (QED) is 0.184. The van der Waals surface area contributed by atoms with Gasteiger partial charge in [0, 0.05) is 23.0 Å². The molecule has 0 bridgehead atoms. The fraction of sp³-hybridized carbons (Fsp3) is 0.250. The van der Waals surface area contributed by atoms with Gasteiger partial charge in [-0.3, -0.25) is 14.9 Å². The second-order valence-corrected chi connectivity index (χ2v) is 7.92. The SMILES string of the molecule is Cc1cc(C(=O)COC(=O)c2ccc(N)c([N+](=O)[O-])c2)c(C)n1CC1COc2ccccc2O1. The topological polar surface area (TPSA) is 136 Å². The maximum absolute atomic E-state index is 12.8. The zero-order chi connectivity index (χ0) is 24.4. The predicted octanol–water partition coefficient (Wildman–Crippen LogP) is 3.48. The third-order valence-corrected chi connectivity index (χ3v) is 5.62. The summed E-state index contributed by atoms with van der Waals surface area (Å²) < 4.78 is 18.9. The lowest BCUT2D eigenvalue weighted by Gasteiger charge is -2.27. The summed E-state index contributed by atoms with van der Waals surface area (Å²) in [7, 11) is 0. The summed E-state index contributed by atoms with van der Waals surface area (Å²) in [6.07, 6.45) is -0.234. The molecule has 0 amide bonds. The number of nitrogens with zero attached hydrogens (tertiary/aromatic N) is 2. The van der Waals surface area contributed by atoms with Crippen molar-refractivity contribution < 1.29 is 28.7 Å². The number of aromatic nitrogens is 1. The third-order valence-electron chi connectivity index (χ3n) is 5.62. The van der Waals surface area contributed by atoms with E-state index in [-0.39, 0.29) is 23.1 Å². The highest BCUT2D eigenvalue weighted by atomic mass is 16.6. The largest absolute Gasteiger partial charge is 0.486 e. The van der Waals surface area contributed by atoms with Gasteiger partial charge in [0.25, 0.3) is 5.69 Å². The lowest BCUT2D eigenvalue weighted by atomic mass is 10.1. The number of ketones is 1. The highest BCUT2D eigenvalue weighted by molar-refractivity contribution is 6.00. The van der Waals surface area contributed by atoms with Crippen LogP contribution in [0.3, 0.4) is 0 Å². The number of carbonyl (C=O) groups is 2. The number of esters is 1. The number of nitro benzene ring substituents is 1. The molecule has 1 aliphatic heterocycles. The molecule has 2 heterocycles. The molecule has 10 heteroatoms. The monoisotopic (exact) mass is 465 g/mol. The molecule has 1 atom stereocenters. The minimum atomic E-state index is -0.850. The van der Waals surface area contributed by atoms with E-state index >= 15 is 0 Å². The molecular formula is C24H23N3O7. The Morgan fingerprint density at radius 2 is 1.91 bits per heavy atom. The number of Topliss-reactive ketones (excluding diaryl/α,β-unsaturated/α-hetero) is 1. The average Bonchev–Trinajstić information content (AvgIpc) is 3.10. The highest BCUT2D eigenvalue weighted by Gasteiger charge is 2.24. The minimum absolute atomic E-state index is 0.0612. The Balaban J connectivity index is 1.42. The Hall–Kier alpha value is -4.34. The number of para-hydroxylation sites is 2. The first-order valence-corrected chi connectivity index (χ1v) is 10.5. The standard InChI is InChI=1S/C24H23N3O7/c1-14-9-18(15(2)26(14)11-17-12-32-22-5-3-4-6-23(22)34-17)21(28)13-33-24(29)16-7-8-19(25)20(10-16)27(30)31/h3-10,17H,11-13,25H2,1-2H3. The van der Waals surface area contributed by atoms with Crippen LogP contribution in [-0.2, 0) is 11.3 Å². The van der Waals surface area contributed by atoms with Gasteiger partial charge in [-0.1, -0.05) is 12.1 Å². The van der Waals surface area contributed by atoms with Crippen LogP contribution < -0.4 is 15.2 Å². The van der Waals surface area contributed by atoms with E-state index in [1.54, 1.807) is 6.07 Å². The summed E-state index contributed by atoms with van der Waals surface area (Å²) in [6.45, 7) is 4.04. The summed E-state index contributed by atoms with van der Waals surface area (Å²) >= 11 is 0. The number of anilines is 1. The molecule has 1 unspecified atom stereocenters. The van der Waals surface area contributed by atoms with Gasteiger partial charge in [0.1, 0.15) is 12.3 Å². The van der Waals surface area contributed by atoms with Gasteiger partial charge < -0.3 is 24.5 Å². The lowest BCUT2D eigenvalue weighted by molar-refractivity contribution is -0.383. The Labute approximate surface area is 195 Å². The van der Waals surface area contributed by atoms with E-state index in [0.717, 1.165) is 11.8 Å². The van der Waals surface area contributed by atoms with Crippen LogP contribution in [0.25, 0.3) is 0 Å². The van der Waals surface area contributed by atoms with Crippen molar-refractivity contribution in [2.24, 2.45) is 0 Å². The highest BCUT2D eigenvalue weighted by Crippen LogP contribution is 2.31. The van der Waals surface area contributed by atoms with E-state index in [0.29, 0.717) is 35.9 Å². The number of nitrogens with two attached hydrogens (primary N) is 1. The summed E-state index contributed by atoms with van der Waals surface area (Å²) in [4.78, 5) is 35.4. The number of hydrogen-bond donors (Lipinski definition) is 1. The van der Waals surface area contributed by atoms with E-state index in [2.05, 4.69) is 0 Å². The smallest absolute Gasteiger partial charge is 0.338 e. The van der Waals surface area contributed by atoms with Crippen molar-refractivity contribution >= 4 is 23.1 Å². The van der Waals surface area contributed by atoms with Crippen LogP contribution in [0.4, 0.5) is 11.4 Å². The molecule has 0 saturated heterocycles. The van der Waals surface area contributed by atoms with Gasteiger partial charge in [-0.25, -0.2) is 4.79 Å². The average molecular weight is 465 g/mol. The fourth-order valence-electron chi connectivity index (χ4n) is 3.84. The second kappa shape index (κ2) is 9.26. The Bertz CT molecular complexity index is 1280. The number of carbonyl (C=O) groups excluding carboxylic acids is 2. The number of benzene rings is 2. The van der Waals surface area contributed by atoms with Crippen LogP contribution >= 0.6 is 0 Å². The molecule has 176 valence electrons. The van der Waals surface area contributed by atoms with E-state index in [9.17, 15) is 19.7 Å². The van der Waals surface area contributed by atoms with Crippen molar-refractivity contribution in [2.45, 2.75) is 26.5 Å². The molecule has 0 saturated carbocycles. The van der Waals surface area contributed by atoms with E-state index in [4.69, 9.17) is 19.9 Å². The summed E-state index contributed by atoms with van der Waals surface area (Å²) in [5.41, 5.74) is 7.00. The zero-order valence-electron chi connectivity index (χ0n) is 18.6. The number of hydrogen-bond acceptors (Lipinski definition) is 8. The number of nitrogen functional groups attached to an aromatic ring is 1. The first-order chi connectivity index (χ1) is 16.2. The van der Waals surface area contributed by atoms with Crippen LogP contribution in [-0.4, -0.2) is 40.6 Å². The maximum atomic E-state index is 12.8. The Morgan fingerprint density at radius 1 is 1.18 bits per heavy atom. The summed E-state index contributed by atoms with van der Waals surface area (Å²) in [5, 5.41) is 11.0. The van der Waals surface area contributed by atoms with Gasteiger partial charge >= 0.3 is 5.97 Å². The van der Waals surface area contributed by atoms with Crippen molar-refractivity contribution in [2.75, 3.05) is 18.9 Å². The van der Waals surface area contributed by atoms with Gasteiger partial charge in [-0.2, -0.15) is 0 Å². The molecule has 3 aromatic rings. The first-order valence-electron chi connectivity index (χ1n) is 10.5. The summed E-state index contributed by atoms with van der Waals surface area (Å²) in [5.74, 6) is 0.136. The van der Waals surface area contributed by atoms with Crippen LogP contribution in [0.5, 0.6) is 11.5 Å². The van der Waals surface area contributed by atoms with Crippen molar-refractivity contribution in [3.05, 3.63) is 81.2 Å². The minimum Gasteiger partial charge on any atom is -0.486 e. The molecule has 34 heavy (non-hydrogen) atoms. The Kier molecular flexibility index (Phi) is 6.22. The molecule has 0 aliphatic carbocycles. The van der Waals surface area contributed by atoms with Gasteiger partial charge in [0.15, 0.2) is 24.2 Å². The van der Waals surface area contributed by atoms with E-state index < -0.39 is 23.2 Å². The number of nitro groups is 1. The lowest BCUT2D eigenvalue weighted by Crippen LogP contribution is -2.33. The predicted molar refractivity (Wildman–Crippen MR) is 122 cm³/mol. The molecule has 0 spiro atoms. The van der Waals surface area contributed by atoms with Gasteiger partial charge in [-0.05, 0) is 44.2 Å². The fourth-order valence-corrected chi connectivity index (χ4v) is 3.84. The Morgan fingerprint density at radius 3 is 2.65 bits per heavy atom. The second-order valence-electron chi connectivity index (χ2n) is 7.92. The van der Waals surface area contributed by atoms with Crippen molar-refractivity contribution in [3.8, 4) is 11.5 Å². The zero-order valence-corrected chi connectivity index (χ0v) is 18.6. The number of aryl methyl sites for hydroxylation is 1. The molecule has 4 rings (SSSR count). The van der Waals surface area contributed by atoms with Crippen molar-refractivity contribution in [1.29, 1.82) is 0 Å². The molecule has 1 aromatic heterocycles. The van der Waals surface area contributed by atoms with Gasteiger partial charge in [0.2, 0.25) is 5.78 Å². The summed E-state index contributed by atoms with van der Waals surface area (Å²) in [6, 6.07) is 12.8.